The van der Waals surface area contributed by atoms with E-state index in [-0.39, 0.29) is 18.1 Å². The van der Waals surface area contributed by atoms with E-state index in [1.807, 2.05) is 0 Å². The minimum absolute atomic E-state index is 0.0850. The summed E-state index contributed by atoms with van der Waals surface area (Å²) in [4.78, 5) is 12.0. The second kappa shape index (κ2) is 5.83. The van der Waals surface area contributed by atoms with Gasteiger partial charge in [-0.3, -0.25) is 4.79 Å². The summed E-state index contributed by atoms with van der Waals surface area (Å²) in [5, 5.41) is 15.8. The molecule has 3 N–H and O–H groups in total. The van der Waals surface area contributed by atoms with Crippen molar-refractivity contribution < 1.29 is 9.90 Å². The number of carbonyl (C=O) groups is 1. The molecule has 2 rings (SSSR count). The molecule has 1 saturated carbocycles. The van der Waals surface area contributed by atoms with Crippen LogP contribution in [0.1, 0.15) is 44.9 Å². The maximum Gasteiger partial charge on any atom is 0.220 e. The van der Waals surface area contributed by atoms with Crippen LogP contribution in [0.5, 0.6) is 0 Å². The zero-order valence-electron chi connectivity index (χ0n) is 10.5. The summed E-state index contributed by atoms with van der Waals surface area (Å²) in [6, 6.07) is 0. The van der Waals surface area contributed by atoms with E-state index >= 15 is 0 Å². The standard InChI is InChI=1S/C13H24N2O2/c16-10-13(5-1-2-6-13)15-12(17)8-11-4-3-7-14-9-11/h11,14,16H,1-10H2,(H,15,17). The lowest BCUT2D eigenvalue weighted by Crippen LogP contribution is -2.50. The molecule has 98 valence electrons. The van der Waals surface area contributed by atoms with Crippen LogP contribution in [0, 0.1) is 5.92 Å². The number of aliphatic hydroxyl groups excluding tert-OH is 1. The van der Waals surface area contributed by atoms with Gasteiger partial charge in [0.05, 0.1) is 12.1 Å². The highest BCUT2D eigenvalue weighted by Crippen LogP contribution is 2.29. The summed E-state index contributed by atoms with van der Waals surface area (Å²) in [5.74, 6) is 0.593. The lowest BCUT2D eigenvalue weighted by molar-refractivity contribution is -0.124. The lowest BCUT2D eigenvalue weighted by Gasteiger charge is -2.29. The Labute approximate surface area is 103 Å². The molecule has 4 nitrogen and oxygen atoms in total. The molecule has 0 spiro atoms. The first kappa shape index (κ1) is 12.8. The third kappa shape index (κ3) is 3.42. The van der Waals surface area contributed by atoms with Crippen LogP contribution in [0.4, 0.5) is 0 Å². The van der Waals surface area contributed by atoms with Gasteiger partial charge in [-0.2, -0.15) is 0 Å². The van der Waals surface area contributed by atoms with Gasteiger partial charge < -0.3 is 15.7 Å². The Balaban J connectivity index is 1.79. The quantitative estimate of drug-likeness (QED) is 0.681. The highest BCUT2D eigenvalue weighted by atomic mass is 16.3. The van der Waals surface area contributed by atoms with Crippen molar-refractivity contribution in [3.8, 4) is 0 Å². The molecule has 0 radical (unpaired) electrons. The molecule has 1 heterocycles. The average molecular weight is 240 g/mol. The summed E-state index contributed by atoms with van der Waals surface area (Å²) in [6.07, 6.45) is 7.01. The highest BCUT2D eigenvalue weighted by Gasteiger charge is 2.34. The monoisotopic (exact) mass is 240 g/mol. The van der Waals surface area contributed by atoms with E-state index < -0.39 is 0 Å². The van der Waals surface area contributed by atoms with Gasteiger partial charge >= 0.3 is 0 Å². The van der Waals surface area contributed by atoms with Gasteiger partial charge in [0, 0.05) is 6.42 Å². The van der Waals surface area contributed by atoms with E-state index in [2.05, 4.69) is 10.6 Å². The van der Waals surface area contributed by atoms with Crippen molar-refractivity contribution >= 4 is 5.91 Å². The van der Waals surface area contributed by atoms with Crippen LogP contribution >= 0.6 is 0 Å². The number of rotatable bonds is 4. The van der Waals surface area contributed by atoms with Crippen LogP contribution in [0.2, 0.25) is 0 Å². The Morgan fingerprint density at radius 2 is 2.12 bits per heavy atom. The minimum Gasteiger partial charge on any atom is -0.394 e. The van der Waals surface area contributed by atoms with Gasteiger partial charge in [-0.25, -0.2) is 0 Å². The number of hydrogen-bond donors (Lipinski definition) is 3. The average Bonchev–Trinajstić information content (AvgIpc) is 2.79. The first-order chi connectivity index (χ1) is 8.24. The zero-order chi connectivity index (χ0) is 12.1. The molecule has 2 fully saturated rings. The van der Waals surface area contributed by atoms with E-state index in [0.717, 1.165) is 45.2 Å². The predicted octanol–water partition coefficient (Wildman–Crippen LogP) is 0.797. The molecule has 2 aliphatic rings. The molecular formula is C13H24N2O2. The van der Waals surface area contributed by atoms with Crippen molar-refractivity contribution in [2.45, 2.75) is 50.5 Å². The Morgan fingerprint density at radius 3 is 2.71 bits per heavy atom. The Bertz CT molecular complexity index is 256. The maximum atomic E-state index is 12.0. The van der Waals surface area contributed by atoms with E-state index in [1.54, 1.807) is 0 Å². The first-order valence-electron chi connectivity index (χ1n) is 6.87. The molecule has 1 aliphatic carbocycles. The molecular weight excluding hydrogens is 216 g/mol. The topological polar surface area (TPSA) is 61.4 Å². The lowest BCUT2D eigenvalue weighted by atomic mass is 9.94. The molecule has 4 heteroatoms. The van der Waals surface area contributed by atoms with Crippen molar-refractivity contribution in [3.63, 3.8) is 0 Å². The van der Waals surface area contributed by atoms with Gasteiger partial charge in [0.15, 0.2) is 0 Å². The molecule has 1 unspecified atom stereocenters. The Hall–Kier alpha value is -0.610. The number of piperidine rings is 1. The fraction of sp³-hybridized carbons (Fsp3) is 0.923. The van der Waals surface area contributed by atoms with Crippen molar-refractivity contribution in [3.05, 3.63) is 0 Å². The van der Waals surface area contributed by atoms with Crippen molar-refractivity contribution in [1.29, 1.82) is 0 Å². The van der Waals surface area contributed by atoms with Crippen molar-refractivity contribution in [1.82, 2.24) is 10.6 Å². The van der Waals surface area contributed by atoms with Crippen LogP contribution < -0.4 is 10.6 Å². The van der Waals surface area contributed by atoms with Gasteiger partial charge in [0.25, 0.3) is 0 Å². The summed E-state index contributed by atoms with van der Waals surface area (Å²) in [7, 11) is 0. The molecule has 0 bridgehead atoms. The summed E-state index contributed by atoms with van der Waals surface area (Å²) < 4.78 is 0. The molecule has 17 heavy (non-hydrogen) atoms. The third-order valence-corrected chi connectivity index (χ3v) is 4.14. The number of nitrogens with one attached hydrogen (secondary N) is 2. The van der Waals surface area contributed by atoms with Gasteiger partial charge in [-0.15, -0.1) is 0 Å². The van der Waals surface area contributed by atoms with Crippen LogP contribution in [-0.4, -0.2) is 36.2 Å². The number of carbonyl (C=O) groups excluding carboxylic acids is 1. The van der Waals surface area contributed by atoms with Crippen molar-refractivity contribution in [2.75, 3.05) is 19.7 Å². The zero-order valence-corrected chi connectivity index (χ0v) is 10.5. The number of hydrogen-bond acceptors (Lipinski definition) is 3. The van der Waals surface area contributed by atoms with E-state index in [9.17, 15) is 9.90 Å². The molecule has 1 aliphatic heterocycles. The molecule has 1 saturated heterocycles. The Kier molecular flexibility index (Phi) is 4.40. The van der Waals surface area contributed by atoms with Gasteiger partial charge in [-0.05, 0) is 44.7 Å². The van der Waals surface area contributed by atoms with E-state index in [1.165, 1.54) is 6.42 Å². The highest BCUT2D eigenvalue weighted by molar-refractivity contribution is 5.77. The first-order valence-corrected chi connectivity index (χ1v) is 6.87. The molecule has 0 aromatic carbocycles. The second-order valence-corrected chi connectivity index (χ2v) is 5.61. The molecule has 1 amide bonds. The smallest absolute Gasteiger partial charge is 0.220 e. The van der Waals surface area contributed by atoms with E-state index in [4.69, 9.17) is 0 Å². The molecule has 1 atom stereocenters. The fourth-order valence-corrected chi connectivity index (χ4v) is 3.08. The van der Waals surface area contributed by atoms with Gasteiger partial charge in [-0.1, -0.05) is 12.8 Å². The summed E-state index contributed by atoms with van der Waals surface area (Å²) >= 11 is 0. The maximum absolute atomic E-state index is 12.0. The van der Waals surface area contributed by atoms with Crippen LogP contribution in [0.25, 0.3) is 0 Å². The van der Waals surface area contributed by atoms with Crippen LogP contribution in [0.3, 0.4) is 0 Å². The summed E-state index contributed by atoms with van der Waals surface area (Å²) in [6.45, 7) is 2.12. The van der Waals surface area contributed by atoms with Crippen molar-refractivity contribution in [2.24, 2.45) is 5.92 Å². The third-order valence-electron chi connectivity index (χ3n) is 4.14. The molecule has 0 aromatic rings. The SMILES string of the molecule is O=C(CC1CCCNC1)NC1(CO)CCCC1. The van der Waals surface area contributed by atoms with Crippen LogP contribution in [-0.2, 0) is 4.79 Å². The number of amides is 1. The van der Waals surface area contributed by atoms with E-state index in [0.29, 0.717) is 12.3 Å². The Morgan fingerprint density at radius 1 is 1.35 bits per heavy atom. The van der Waals surface area contributed by atoms with Gasteiger partial charge in [0.1, 0.15) is 0 Å². The van der Waals surface area contributed by atoms with Crippen LogP contribution in [0.15, 0.2) is 0 Å². The second-order valence-electron chi connectivity index (χ2n) is 5.61. The van der Waals surface area contributed by atoms with Gasteiger partial charge in [0.2, 0.25) is 5.91 Å². The minimum atomic E-state index is -0.306. The largest absolute Gasteiger partial charge is 0.394 e. The fourth-order valence-electron chi connectivity index (χ4n) is 3.08. The normalized spacial score (nSPS) is 27.9. The predicted molar refractivity (Wildman–Crippen MR) is 66.6 cm³/mol. The molecule has 0 aromatic heterocycles. The number of aliphatic hydroxyl groups is 1. The summed E-state index contributed by atoms with van der Waals surface area (Å²) in [5.41, 5.74) is -0.306.